The number of fused-ring (bicyclic) bond motifs is 1. The van der Waals surface area contributed by atoms with Crippen LogP contribution >= 0.6 is 24.0 Å². The summed E-state index contributed by atoms with van der Waals surface area (Å²) in [7, 11) is 0. The molecular weight excluding hydrogens is 198 g/mol. The zero-order valence-corrected chi connectivity index (χ0v) is 8.61. The lowest BCUT2D eigenvalue weighted by atomic mass is 10.1. The lowest BCUT2D eigenvalue weighted by molar-refractivity contribution is 1.61. The van der Waals surface area contributed by atoms with Crippen LogP contribution in [0.25, 0.3) is 15.8 Å². The Morgan fingerprint density at radius 1 is 1.38 bits per heavy atom. The standard InChI is InChI=1S/C10H9NS2/c11-9(5-12)8-6-13-10-4-2-1-3-7(8)10/h1-6,12H,11H2/b9-5-. The molecule has 1 aromatic carbocycles. The molecule has 1 aromatic heterocycles. The molecule has 0 bridgehead atoms. The summed E-state index contributed by atoms with van der Waals surface area (Å²) < 4.78 is 1.26. The molecule has 2 N–H and O–H groups in total. The van der Waals surface area contributed by atoms with E-state index in [1.54, 1.807) is 16.7 Å². The molecule has 0 amide bonds. The molecule has 0 spiro atoms. The first-order valence-corrected chi connectivity index (χ1v) is 5.29. The minimum absolute atomic E-state index is 0.723. The molecule has 0 aliphatic rings. The Morgan fingerprint density at radius 2 is 2.15 bits per heavy atom. The van der Waals surface area contributed by atoms with Crippen LogP contribution in [0.4, 0.5) is 0 Å². The van der Waals surface area contributed by atoms with Crippen LogP contribution in [-0.2, 0) is 0 Å². The molecule has 1 heterocycles. The molecule has 0 atom stereocenters. The van der Waals surface area contributed by atoms with Crippen LogP contribution in [0, 0.1) is 0 Å². The average Bonchev–Trinajstić information content (AvgIpc) is 2.60. The number of benzene rings is 1. The highest BCUT2D eigenvalue weighted by atomic mass is 32.1. The number of thiol groups is 1. The van der Waals surface area contributed by atoms with Gasteiger partial charge in [-0.2, -0.15) is 0 Å². The molecule has 0 aliphatic carbocycles. The second-order valence-electron chi connectivity index (χ2n) is 2.73. The van der Waals surface area contributed by atoms with E-state index in [4.69, 9.17) is 5.73 Å². The van der Waals surface area contributed by atoms with Gasteiger partial charge < -0.3 is 5.73 Å². The maximum Gasteiger partial charge on any atom is 0.0463 e. The maximum absolute atomic E-state index is 5.80. The van der Waals surface area contributed by atoms with E-state index in [0.29, 0.717) is 0 Å². The number of rotatable bonds is 1. The lowest BCUT2D eigenvalue weighted by Crippen LogP contribution is -1.92. The van der Waals surface area contributed by atoms with E-state index >= 15 is 0 Å². The molecule has 0 radical (unpaired) electrons. The van der Waals surface area contributed by atoms with Crippen LogP contribution in [0.2, 0.25) is 0 Å². The van der Waals surface area contributed by atoms with Gasteiger partial charge in [-0.3, -0.25) is 0 Å². The van der Waals surface area contributed by atoms with Gasteiger partial charge in [-0.05, 0) is 11.5 Å². The normalized spacial score (nSPS) is 12.2. The summed E-state index contributed by atoms with van der Waals surface area (Å²) in [6, 6.07) is 8.22. The minimum Gasteiger partial charge on any atom is -0.398 e. The smallest absolute Gasteiger partial charge is 0.0463 e. The molecule has 0 fully saturated rings. The highest BCUT2D eigenvalue weighted by Crippen LogP contribution is 2.28. The van der Waals surface area contributed by atoms with Crippen LogP contribution in [0.3, 0.4) is 0 Å². The van der Waals surface area contributed by atoms with E-state index < -0.39 is 0 Å². The minimum atomic E-state index is 0.723. The van der Waals surface area contributed by atoms with E-state index in [2.05, 4.69) is 30.1 Å². The summed E-state index contributed by atoms with van der Waals surface area (Å²) in [5, 5.41) is 4.90. The largest absolute Gasteiger partial charge is 0.398 e. The summed E-state index contributed by atoms with van der Waals surface area (Å²) in [6.07, 6.45) is 0. The van der Waals surface area contributed by atoms with Gasteiger partial charge in [0.25, 0.3) is 0 Å². The Labute approximate surface area is 86.3 Å². The predicted molar refractivity (Wildman–Crippen MR) is 63.0 cm³/mol. The molecule has 0 unspecified atom stereocenters. The first-order chi connectivity index (χ1) is 6.33. The van der Waals surface area contributed by atoms with Crippen molar-refractivity contribution in [2.75, 3.05) is 0 Å². The quantitative estimate of drug-likeness (QED) is 0.690. The highest BCUT2D eigenvalue weighted by molar-refractivity contribution is 7.83. The van der Waals surface area contributed by atoms with Gasteiger partial charge in [-0.15, -0.1) is 24.0 Å². The first-order valence-electron chi connectivity index (χ1n) is 3.89. The maximum atomic E-state index is 5.80. The van der Waals surface area contributed by atoms with Crippen molar-refractivity contribution >= 4 is 39.7 Å². The third-order valence-electron chi connectivity index (χ3n) is 1.93. The third-order valence-corrected chi connectivity index (χ3v) is 3.17. The van der Waals surface area contributed by atoms with Gasteiger partial charge in [0.15, 0.2) is 0 Å². The Balaban J connectivity index is 2.71. The van der Waals surface area contributed by atoms with Gasteiger partial charge >= 0.3 is 0 Å². The van der Waals surface area contributed by atoms with Crippen molar-refractivity contribution in [1.29, 1.82) is 0 Å². The predicted octanol–water partition coefficient (Wildman–Crippen LogP) is 3.09. The van der Waals surface area contributed by atoms with Crippen molar-refractivity contribution in [3.63, 3.8) is 0 Å². The SMILES string of the molecule is N/C(=C\S)c1csc2ccccc12. The monoisotopic (exact) mass is 207 g/mol. The molecular formula is C10H9NS2. The van der Waals surface area contributed by atoms with Gasteiger partial charge in [0, 0.05) is 26.7 Å². The van der Waals surface area contributed by atoms with E-state index in [1.165, 1.54) is 10.1 Å². The van der Waals surface area contributed by atoms with Crippen molar-refractivity contribution in [1.82, 2.24) is 0 Å². The molecule has 1 nitrogen and oxygen atoms in total. The Bertz CT molecular complexity index is 457. The molecule has 66 valence electrons. The van der Waals surface area contributed by atoms with Crippen LogP contribution in [0.1, 0.15) is 5.56 Å². The van der Waals surface area contributed by atoms with Gasteiger partial charge in [0.1, 0.15) is 0 Å². The number of hydrogen-bond acceptors (Lipinski definition) is 3. The second-order valence-corrected chi connectivity index (χ2v) is 3.90. The molecule has 2 aromatic rings. The zero-order chi connectivity index (χ0) is 9.26. The van der Waals surface area contributed by atoms with E-state index in [1.807, 2.05) is 12.1 Å². The summed E-state index contributed by atoms with van der Waals surface area (Å²) >= 11 is 5.75. The Morgan fingerprint density at radius 3 is 2.92 bits per heavy atom. The van der Waals surface area contributed by atoms with Gasteiger partial charge in [0.05, 0.1) is 0 Å². The van der Waals surface area contributed by atoms with Crippen LogP contribution in [0.15, 0.2) is 35.1 Å². The van der Waals surface area contributed by atoms with Gasteiger partial charge in [0.2, 0.25) is 0 Å². The van der Waals surface area contributed by atoms with Crippen LogP contribution in [0.5, 0.6) is 0 Å². The molecule has 0 saturated heterocycles. The zero-order valence-electron chi connectivity index (χ0n) is 6.90. The highest BCUT2D eigenvalue weighted by Gasteiger charge is 2.03. The third kappa shape index (κ3) is 1.45. The van der Waals surface area contributed by atoms with Crippen molar-refractivity contribution in [3.05, 3.63) is 40.6 Å². The molecule has 3 heteroatoms. The topological polar surface area (TPSA) is 26.0 Å². The van der Waals surface area contributed by atoms with Crippen LogP contribution in [-0.4, -0.2) is 0 Å². The summed E-state index contributed by atoms with van der Waals surface area (Å²) in [5.41, 5.74) is 7.60. The fraction of sp³-hybridized carbons (Fsp3) is 0. The van der Waals surface area contributed by atoms with Crippen molar-refractivity contribution in [2.24, 2.45) is 5.73 Å². The van der Waals surface area contributed by atoms with E-state index in [9.17, 15) is 0 Å². The first kappa shape index (κ1) is 8.66. The van der Waals surface area contributed by atoms with Crippen molar-refractivity contribution < 1.29 is 0 Å². The summed E-state index contributed by atoms with van der Waals surface area (Å²) in [4.78, 5) is 0. The van der Waals surface area contributed by atoms with Crippen LogP contribution < -0.4 is 5.73 Å². The molecule has 0 aliphatic heterocycles. The number of nitrogens with two attached hydrogens (primary N) is 1. The van der Waals surface area contributed by atoms with Gasteiger partial charge in [-0.1, -0.05) is 18.2 Å². The Hall–Kier alpha value is -0.930. The van der Waals surface area contributed by atoms with Gasteiger partial charge in [-0.25, -0.2) is 0 Å². The van der Waals surface area contributed by atoms with Crippen molar-refractivity contribution in [3.8, 4) is 0 Å². The average molecular weight is 207 g/mol. The molecule has 13 heavy (non-hydrogen) atoms. The fourth-order valence-electron chi connectivity index (χ4n) is 1.27. The molecule has 2 rings (SSSR count). The Kier molecular flexibility index (Phi) is 2.29. The van der Waals surface area contributed by atoms with Crippen molar-refractivity contribution in [2.45, 2.75) is 0 Å². The fourth-order valence-corrected chi connectivity index (χ4v) is 2.38. The number of thiophene rings is 1. The second kappa shape index (κ2) is 3.44. The summed E-state index contributed by atoms with van der Waals surface area (Å²) in [6.45, 7) is 0. The molecule has 0 saturated carbocycles. The summed E-state index contributed by atoms with van der Waals surface area (Å²) in [5.74, 6) is 0. The van der Waals surface area contributed by atoms with E-state index in [0.717, 1.165) is 11.3 Å². The lowest BCUT2D eigenvalue weighted by Gasteiger charge is -1.96. The number of hydrogen-bond donors (Lipinski definition) is 2. The van der Waals surface area contributed by atoms with E-state index in [-0.39, 0.29) is 0 Å².